The lowest BCUT2D eigenvalue weighted by molar-refractivity contribution is -0.140. The van der Waals surface area contributed by atoms with Crippen LogP contribution in [0.3, 0.4) is 0 Å². The molecule has 4 heteroatoms. The van der Waals surface area contributed by atoms with E-state index in [2.05, 4.69) is 0 Å². The van der Waals surface area contributed by atoms with Gasteiger partial charge in [-0.2, -0.15) is 0 Å². The Balaban J connectivity index is 1.83. The van der Waals surface area contributed by atoms with Gasteiger partial charge in [-0.25, -0.2) is 0 Å². The first-order valence-electron chi connectivity index (χ1n) is 4.96. The van der Waals surface area contributed by atoms with Crippen LogP contribution in [0.4, 0.5) is 0 Å². The Morgan fingerprint density at radius 1 is 1.21 bits per heavy atom. The molecule has 0 saturated carbocycles. The number of hydrogen-bond donors (Lipinski definition) is 0. The summed E-state index contributed by atoms with van der Waals surface area (Å²) in [4.78, 5) is 24.2. The highest BCUT2D eigenvalue weighted by atomic mass is 16.5. The summed E-state index contributed by atoms with van der Waals surface area (Å²) in [6.07, 6.45) is 5.92. The number of hydrogen-bond acceptors (Lipinski definition) is 3. The molecule has 3 unspecified atom stereocenters. The molecule has 3 atom stereocenters. The number of imide groups is 1. The van der Waals surface area contributed by atoms with Crippen LogP contribution in [0.5, 0.6) is 0 Å². The van der Waals surface area contributed by atoms with E-state index in [1.165, 1.54) is 17.1 Å². The van der Waals surface area contributed by atoms with Gasteiger partial charge >= 0.3 is 0 Å². The van der Waals surface area contributed by atoms with Crippen molar-refractivity contribution in [3.63, 3.8) is 0 Å². The molecule has 2 bridgehead atoms. The topological polar surface area (TPSA) is 46.6 Å². The van der Waals surface area contributed by atoms with Crippen LogP contribution in [0, 0.1) is 0 Å². The average molecular weight is 193 g/mol. The van der Waals surface area contributed by atoms with Crippen LogP contribution in [0.1, 0.15) is 19.3 Å². The smallest absolute Gasteiger partial charge is 0.253 e. The number of rotatable bonds is 1. The van der Waals surface area contributed by atoms with Gasteiger partial charge in [-0.05, 0) is 19.3 Å². The highest BCUT2D eigenvalue weighted by molar-refractivity contribution is 6.13. The highest BCUT2D eigenvalue weighted by Gasteiger charge is 2.47. The standard InChI is InChI=1S/C10H11NO3/c12-9-3-4-10(13)11(9)7-5-6-1-2-8(7)14-6/h3-4,6-8H,1-2,5H2. The third kappa shape index (κ3) is 0.973. The molecule has 2 amide bonds. The lowest BCUT2D eigenvalue weighted by atomic mass is 9.94. The van der Waals surface area contributed by atoms with Gasteiger partial charge in [-0.15, -0.1) is 0 Å². The Morgan fingerprint density at radius 3 is 2.43 bits per heavy atom. The van der Waals surface area contributed by atoms with Gasteiger partial charge in [0.15, 0.2) is 0 Å². The normalized spacial score (nSPS) is 40.3. The van der Waals surface area contributed by atoms with Crippen LogP contribution in [-0.2, 0) is 14.3 Å². The zero-order valence-corrected chi connectivity index (χ0v) is 7.68. The molecule has 14 heavy (non-hydrogen) atoms. The van der Waals surface area contributed by atoms with Crippen molar-refractivity contribution < 1.29 is 14.3 Å². The van der Waals surface area contributed by atoms with Gasteiger partial charge in [0.05, 0.1) is 18.2 Å². The Labute approximate surface area is 81.5 Å². The maximum atomic E-state index is 11.4. The zero-order valence-electron chi connectivity index (χ0n) is 7.68. The van der Waals surface area contributed by atoms with Crippen molar-refractivity contribution >= 4 is 11.8 Å². The zero-order chi connectivity index (χ0) is 9.71. The highest BCUT2D eigenvalue weighted by Crippen LogP contribution is 2.37. The quantitative estimate of drug-likeness (QED) is 0.560. The molecule has 2 saturated heterocycles. The lowest BCUT2D eigenvalue weighted by Gasteiger charge is -2.27. The molecule has 3 aliphatic heterocycles. The Kier molecular flexibility index (Phi) is 1.56. The Morgan fingerprint density at radius 2 is 1.93 bits per heavy atom. The molecular weight excluding hydrogens is 182 g/mol. The molecule has 4 nitrogen and oxygen atoms in total. The minimum absolute atomic E-state index is 0.0104. The SMILES string of the molecule is O=C1C=CC(=O)N1C1CC2CCC1O2. The molecule has 0 aromatic heterocycles. The van der Waals surface area contributed by atoms with Crippen molar-refractivity contribution in [3.05, 3.63) is 12.2 Å². The number of ether oxygens (including phenoxy) is 1. The minimum Gasteiger partial charge on any atom is -0.373 e. The van der Waals surface area contributed by atoms with E-state index in [4.69, 9.17) is 4.74 Å². The van der Waals surface area contributed by atoms with Gasteiger partial charge in [-0.3, -0.25) is 14.5 Å². The second-order valence-corrected chi connectivity index (χ2v) is 4.06. The van der Waals surface area contributed by atoms with Crippen LogP contribution in [0.25, 0.3) is 0 Å². The molecule has 0 aliphatic carbocycles. The molecule has 0 spiro atoms. The van der Waals surface area contributed by atoms with E-state index in [1.807, 2.05) is 0 Å². The largest absolute Gasteiger partial charge is 0.373 e. The summed E-state index contributed by atoms with van der Waals surface area (Å²) in [6, 6.07) is -0.0104. The molecule has 2 fully saturated rings. The molecule has 3 aliphatic rings. The second-order valence-electron chi connectivity index (χ2n) is 4.06. The van der Waals surface area contributed by atoms with E-state index < -0.39 is 0 Å². The molecular formula is C10H11NO3. The third-order valence-corrected chi connectivity index (χ3v) is 3.25. The molecule has 3 heterocycles. The summed E-state index contributed by atoms with van der Waals surface area (Å²) in [5, 5.41) is 0. The van der Waals surface area contributed by atoms with Gasteiger partial charge in [-0.1, -0.05) is 0 Å². The second kappa shape index (κ2) is 2.67. The van der Waals surface area contributed by atoms with Gasteiger partial charge < -0.3 is 4.74 Å². The maximum Gasteiger partial charge on any atom is 0.253 e. The fourth-order valence-corrected chi connectivity index (χ4v) is 2.62. The van der Waals surface area contributed by atoms with Crippen molar-refractivity contribution in [2.45, 2.75) is 37.5 Å². The third-order valence-electron chi connectivity index (χ3n) is 3.25. The van der Waals surface area contributed by atoms with Gasteiger partial charge in [0.2, 0.25) is 0 Å². The van der Waals surface area contributed by atoms with E-state index in [0.29, 0.717) is 0 Å². The van der Waals surface area contributed by atoms with Crippen molar-refractivity contribution in [3.8, 4) is 0 Å². The Bertz CT molecular complexity index is 318. The summed E-state index contributed by atoms with van der Waals surface area (Å²) in [5.74, 6) is -0.368. The first kappa shape index (κ1) is 8.17. The lowest BCUT2D eigenvalue weighted by Crippen LogP contribution is -2.45. The number of carbonyl (C=O) groups is 2. The van der Waals surface area contributed by atoms with E-state index >= 15 is 0 Å². The van der Waals surface area contributed by atoms with Crippen LogP contribution in [-0.4, -0.2) is 35.0 Å². The van der Waals surface area contributed by atoms with E-state index in [0.717, 1.165) is 19.3 Å². The van der Waals surface area contributed by atoms with Gasteiger partial charge in [0.25, 0.3) is 11.8 Å². The van der Waals surface area contributed by atoms with Crippen LogP contribution < -0.4 is 0 Å². The van der Waals surface area contributed by atoms with Crippen molar-refractivity contribution in [2.24, 2.45) is 0 Å². The van der Waals surface area contributed by atoms with Gasteiger partial charge in [0.1, 0.15) is 0 Å². The first-order valence-corrected chi connectivity index (χ1v) is 4.96. The number of carbonyl (C=O) groups excluding carboxylic acids is 2. The van der Waals surface area contributed by atoms with Crippen molar-refractivity contribution in [1.29, 1.82) is 0 Å². The molecule has 0 N–H and O–H groups in total. The predicted octanol–water partition coefficient (Wildman–Crippen LogP) is 0.231. The van der Waals surface area contributed by atoms with Crippen LogP contribution in [0.15, 0.2) is 12.2 Å². The van der Waals surface area contributed by atoms with Crippen LogP contribution in [0.2, 0.25) is 0 Å². The van der Waals surface area contributed by atoms with Crippen molar-refractivity contribution in [2.75, 3.05) is 0 Å². The summed E-state index contributed by atoms with van der Waals surface area (Å²) >= 11 is 0. The number of amides is 2. The molecule has 3 rings (SSSR count). The van der Waals surface area contributed by atoms with E-state index in [-0.39, 0.29) is 30.1 Å². The number of nitrogens with zero attached hydrogens (tertiary/aromatic N) is 1. The fraction of sp³-hybridized carbons (Fsp3) is 0.600. The molecule has 74 valence electrons. The molecule has 0 aromatic carbocycles. The molecule has 0 radical (unpaired) electrons. The summed E-state index contributed by atoms with van der Waals surface area (Å²) in [5.41, 5.74) is 0. The fourth-order valence-electron chi connectivity index (χ4n) is 2.62. The summed E-state index contributed by atoms with van der Waals surface area (Å²) < 4.78 is 5.62. The summed E-state index contributed by atoms with van der Waals surface area (Å²) in [7, 11) is 0. The molecule has 0 aromatic rings. The number of fused-ring (bicyclic) bond motifs is 2. The maximum absolute atomic E-state index is 11.4. The van der Waals surface area contributed by atoms with Crippen molar-refractivity contribution in [1.82, 2.24) is 4.90 Å². The first-order chi connectivity index (χ1) is 6.75. The Hall–Kier alpha value is -1.16. The average Bonchev–Trinajstić information content (AvgIpc) is 2.81. The monoisotopic (exact) mass is 193 g/mol. The van der Waals surface area contributed by atoms with E-state index in [1.54, 1.807) is 0 Å². The predicted molar refractivity (Wildman–Crippen MR) is 47.3 cm³/mol. The summed E-state index contributed by atoms with van der Waals surface area (Å²) in [6.45, 7) is 0. The van der Waals surface area contributed by atoms with Crippen LogP contribution >= 0.6 is 0 Å². The van der Waals surface area contributed by atoms with Gasteiger partial charge in [0, 0.05) is 12.2 Å². The minimum atomic E-state index is -0.184. The van der Waals surface area contributed by atoms with E-state index in [9.17, 15) is 9.59 Å².